The molecule has 30 heavy (non-hydrogen) atoms. The summed E-state index contributed by atoms with van der Waals surface area (Å²) in [5, 5.41) is 0.329. The van der Waals surface area contributed by atoms with E-state index < -0.39 is 5.56 Å². The Morgan fingerprint density at radius 2 is 1.90 bits per heavy atom. The average Bonchev–Trinajstić information content (AvgIpc) is 3.28. The van der Waals surface area contributed by atoms with Crippen LogP contribution >= 0.6 is 11.3 Å². The molecule has 0 aliphatic carbocycles. The van der Waals surface area contributed by atoms with E-state index in [0.29, 0.717) is 28.9 Å². The van der Waals surface area contributed by atoms with Gasteiger partial charge in [0.15, 0.2) is 6.29 Å². The Labute approximate surface area is 177 Å². The number of thiophene rings is 1. The van der Waals surface area contributed by atoms with Crippen LogP contribution in [0.5, 0.6) is 0 Å². The maximum absolute atomic E-state index is 12.9. The van der Waals surface area contributed by atoms with Gasteiger partial charge < -0.3 is 4.57 Å². The van der Waals surface area contributed by atoms with E-state index in [2.05, 4.69) is 4.57 Å². The molecule has 4 rings (SSSR count). The molecule has 3 aromatic heterocycles. The van der Waals surface area contributed by atoms with E-state index in [0.717, 1.165) is 39.0 Å². The zero-order chi connectivity index (χ0) is 21.6. The van der Waals surface area contributed by atoms with Crippen molar-refractivity contribution in [3.63, 3.8) is 0 Å². The molecule has 1 aromatic carbocycles. The fourth-order valence-corrected chi connectivity index (χ4v) is 5.13. The predicted molar refractivity (Wildman–Crippen MR) is 120 cm³/mol. The highest BCUT2D eigenvalue weighted by Gasteiger charge is 2.22. The third-order valence-corrected chi connectivity index (χ3v) is 6.52. The average molecular weight is 425 g/mol. The van der Waals surface area contributed by atoms with E-state index in [-0.39, 0.29) is 11.6 Å². The molecule has 0 radical (unpaired) electrons. The molecule has 0 bridgehead atoms. The summed E-state index contributed by atoms with van der Waals surface area (Å²) in [5.74, 6) is 1.14. The summed E-state index contributed by atoms with van der Waals surface area (Å²) in [6.07, 6.45) is 1.49. The lowest BCUT2D eigenvalue weighted by molar-refractivity contribution is 0.112. The molecule has 0 N–H and O–H groups in total. The first kappa shape index (κ1) is 20.3. The molecular weight excluding hydrogens is 400 g/mol. The van der Waals surface area contributed by atoms with E-state index >= 15 is 0 Å². The molecular formula is C22H24N4O3S. The summed E-state index contributed by atoms with van der Waals surface area (Å²) in [7, 11) is 1.46. The first-order valence-corrected chi connectivity index (χ1v) is 10.8. The second-order valence-corrected chi connectivity index (χ2v) is 8.93. The highest BCUT2D eigenvalue weighted by atomic mass is 32.1. The molecule has 0 spiro atoms. The van der Waals surface area contributed by atoms with Gasteiger partial charge in [-0.1, -0.05) is 32.9 Å². The molecule has 3 heterocycles. The summed E-state index contributed by atoms with van der Waals surface area (Å²) in [4.78, 5) is 43.8. The number of aldehydes is 1. The topological polar surface area (TPSA) is 78.9 Å². The lowest BCUT2D eigenvalue weighted by Crippen LogP contribution is -2.38. The van der Waals surface area contributed by atoms with Crippen LogP contribution in [-0.4, -0.2) is 25.0 Å². The van der Waals surface area contributed by atoms with Crippen LogP contribution in [0.2, 0.25) is 0 Å². The van der Waals surface area contributed by atoms with Crippen LogP contribution in [0.4, 0.5) is 0 Å². The number of hydrogen-bond acceptors (Lipinski definition) is 5. The molecule has 0 saturated heterocycles. The van der Waals surface area contributed by atoms with Crippen molar-refractivity contribution < 1.29 is 4.79 Å². The van der Waals surface area contributed by atoms with Crippen molar-refractivity contribution in [1.82, 2.24) is 18.7 Å². The fourth-order valence-electron chi connectivity index (χ4n) is 3.88. The summed E-state index contributed by atoms with van der Waals surface area (Å²) in [6.45, 7) is 6.98. The van der Waals surface area contributed by atoms with Crippen molar-refractivity contribution in [3.05, 3.63) is 61.4 Å². The molecule has 7 nitrogen and oxygen atoms in total. The van der Waals surface area contributed by atoms with Gasteiger partial charge in [-0.25, -0.2) is 9.78 Å². The molecule has 4 aromatic rings. The van der Waals surface area contributed by atoms with Gasteiger partial charge in [0.05, 0.1) is 23.0 Å². The largest absolute Gasteiger partial charge is 0.331 e. The SMILES string of the molecule is CCc1nc2ccccc2n1Cc1sc2c(c1C=O)c(=O)n(C)c(=O)n2CC(C)C. The van der Waals surface area contributed by atoms with Crippen molar-refractivity contribution in [2.24, 2.45) is 13.0 Å². The lowest BCUT2D eigenvalue weighted by atomic mass is 10.2. The second kappa shape index (κ2) is 7.68. The predicted octanol–water partition coefficient (Wildman–Crippen LogP) is 3.19. The standard InChI is InChI=1S/C22H24N4O3S/c1-5-18-23-15-8-6-7-9-16(15)25(18)11-17-14(12-27)19-20(28)24(4)22(29)26(10-13(2)3)21(19)30-17/h6-9,12-13H,5,10-11H2,1-4H3. The van der Waals surface area contributed by atoms with Crippen LogP contribution < -0.4 is 11.2 Å². The molecule has 0 unspecified atom stereocenters. The maximum Gasteiger partial charge on any atom is 0.331 e. The summed E-state index contributed by atoms with van der Waals surface area (Å²) in [5.41, 5.74) is 1.47. The first-order chi connectivity index (χ1) is 14.4. The van der Waals surface area contributed by atoms with E-state index in [4.69, 9.17) is 4.98 Å². The number of hydrogen-bond donors (Lipinski definition) is 0. The van der Waals surface area contributed by atoms with Crippen LogP contribution in [0.15, 0.2) is 33.9 Å². The Kier molecular flexibility index (Phi) is 5.19. The molecule has 0 amide bonds. The molecule has 0 saturated carbocycles. The van der Waals surface area contributed by atoms with E-state index in [1.165, 1.54) is 18.4 Å². The monoisotopic (exact) mass is 424 g/mol. The minimum atomic E-state index is -0.425. The van der Waals surface area contributed by atoms with Crippen molar-refractivity contribution in [2.45, 2.75) is 40.3 Å². The Morgan fingerprint density at radius 1 is 1.17 bits per heavy atom. The summed E-state index contributed by atoms with van der Waals surface area (Å²) < 4.78 is 4.80. The number of carbonyl (C=O) groups is 1. The highest BCUT2D eigenvalue weighted by Crippen LogP contribution is 2.30. The fraction of sp³-hybridized carbons (Fsp3) is 0.364. The van der Waals surface area contributed by atoms with Gasteiger partial charge in [-0.05, 0) is 18.1 Å². The Morgan fingerprint density at radius 3 is 2.57 bits per heavy atom. The van der Waals surface area contributed by atoms with Crippen LogP contribution in [0, 0.1) is 5.92 Å². The van der Waals surface area contributed by atoms with Gasteiger partial charge in [-0.15, -0.1) is 11.3 Å². The number of rotatable bonds is 6. The third-order valence-electron chi connectivity index (χ3n) is 5.30. The second-order valence-electron chi connectivity index (χ2n) is 7.84. The van der Waals surface area contributed by atoms with Crippen LogP contribution in [0.1, 0.15) is 41.8 Å². The summed E-state index contributed by atoms with van der Waals surface area (Å²) in [6, 6.07) is 7.88. The molecule has 0 aliphatic rings. The van der Waals surface area contributed by atoms with E-state index in [1.54, 1.807) is 4.57 Å². The van der Waals surface area contributed by atoms with Crippen molar-refractivity contribution in [3.8, 4) is 0 Å². The van der Waals surface area contributed by atoms with Crippen LogP contribution in [0.25, 0.3) is 21.3 Å². The number of fused-ring (bicyclic) bond motifs is 2. The number of nitrogens with zero attached hydrogens (tertiary/aromatic N) is 4. The highest BCUT2D eigenvalue weighted by molar-refractivity contribution is 7.19. The van der Waals surface area contributed by atoms with E-state index in [9.17, 15) is 14.4 Å². The quantitative estimate of drug-likeness (QED) is 0.445. The van der Waals surface area contributed by atoms with Crippen LogP contribution in [0.3, 0.4) is 0 Å². The van der Waals surface area contributed by atoms with Gasteiger partial charge in [0.25, 0.3) is 5.56 Å². The Balaban J connectivity index is 2.00. The minimum Gasteiger partial charge on any atom is -0.323 e. The minimum absolute atomic E-state index is 0.220. The zero-order valence-electron chi connectivity index (χ0n) is 17.5. The van der Waals surface area contributed by atoms with Gasteiger partial charge in [0.1, 0.15) is 10.7 Å². The van der Waals surface area contributed by atoms with E-state index in [1.807, 2.05) is 45.0 Å². The Bertz CT molecular complexity index is 1390. The lowest BCUT2D eigenvalue weighted by Gasteiger charge is -2.11. The summed E-state index contributed by atoms with van der Waals surface area (Å²) >= 11 is 1.35. The smallest absolute Gasteiger partial charge is 0.323 e. The van der Waals surface area contributed by atoms with Crippen molar-refractivity contribution in [2.75, 3.05) is 0 Å². The number of carbonyl (C=O) groups excluding carboxylic acids is 1. The van der Waals surface area contributed by atoms with Crippen molar-refractivity contribution in [1.29, 1.82) is 0 Å². The van der Waals surface area contributed by atoms with Crippen molar-refractivity contribution >= 4 is 38.9 Å². The van der Waals surface area contributed by atoms with Gasteiger partial charge in [0.2, 0.25) is 0 Å². The molecule has 0 fully saturated rings. The van der Waals surface area contributed by atoms with Gasteiger partial charge in [0, 0.05) is 30.5 Å². The molecule has 0 atom stereocenters. The Hall–Kier alpha value is -3.00. The maximum atomic E-state index is 12.9. The molecule has 0 aliphatic heterocycles. The van der Waals surface area contributed by atoms with Gasteiger partial charge >= 0.3 is 5.69 Å². The molecule has 8 heteroatoms. The molecule has 156 valence electrons. The normalized spacial score (nSPS) is 11.8. The number of aromatic nitrogens is 4. The zero-order valence-corrected chi connectivity index (χ0v) is 18.3. The number of imidazole rings is 1. The van der Waals surface area contributed by atoms with Gasteiger partial charge in [-0.3, -0.25) is 18.7 Å². The number of aryl methyl sites for hydroxylation is 1. The third kappa shape index (κ3) is 3.11. The van der Waals surface area contributed by atoms with Gasteiger partial charge in [-0.2, -0.15) is 0 Å². The number of para-hydroxylation sites is 2. The first-order valence-electron chi connectivity index (χ1n) is 10.0. The van der Waals surface area contributed by atoms with Crippen LogP contribution in [-0.2, 0) is 26.6 Å². The number of benzene rings is 1.